The third-order valence-electron chi connectivity index (χ3n) is 4.30. The van der Waals surface area contributed by atoms with Crippen LogP contribution in [0.1, 0.15) is 58.7 Å². The Bertz CT molecular complexity index is 392. The first kappa shape index (κ1) is 14.6. The third-order valence-corrected chi connectivity index (χ3v) is 4.30. The molecule has 3 heteroatoms. The quantitative estimate of drug-likeness (QED) is 0.728. The second kappa shape index (κ2) is 6.08. The largest absolute Gasteiger partial charge is 0.316 e. The van der Waals surface area contributed by atoms with Gasteiger partial charge in [0.2, 0.25) is 0 Å². The van der Waals surface area contributed by atoms with E-state index in [9.17, 15) is 0 Å². The van der Waals surface area contributed by atoms with Crippen LogP contribution in [-0.4, -0.2) is 22.9 Å². The molecule has 19 heavy (non-hydrogen) atoms. The van der Waals surface area contributed by atoms with Gasteiger partial charge in [0.1, 0.15) is 0 Å². The molecule has 1 aliphatic rings. The first-order valence-electron chi connectivity index (χ1n) is 7.80. The van der Waals surface area contributed by atoms with Crippen LogP contribution < -0.4 is 5.32 Å². The van der Waals surface area contributed by atoms with Crippen LogP contribution in [0.4, 0.5) is 0 Å². The Kier molecular flexibility index (Phi) is 4.67. The van der Waals surface area contributed by atoms with E-state index in [-0.39, 0.29) is 0 Å². The Labute approximate surface area is 117 Å². The summed E-state index contributed by atoms with van der Waals surface area (Å²) >= 11 is 0. The van der Waals surface area contributed by atoms with Crippen LogP contribution in [0, 0.1) is 11.3 Å². The molecule has 1 aliphatic carbocycles. The van der Waals surface area contributed by atoms with Gasteiger partial charge in [0.05, 0.1) is 5.69 Å². The second-order valence-corrected chi connectivity index (χ2v) is 6.66. The van der Waals surface area contributed by atoms with E-state index in [0.717, 1.165) is 25.4 Å². The minimum Gasteiger partial charge on any atom is -0.316 e. The lowest BCUT2D eigenvalue weighted by Gasteiger charge is -2.29. The molecule has 0 aromatic carbocycles. The molecule has 3 nitrogen and oxygen atoms in total. The molecule has 0 spiro atoms. The van der Waals surface area contributed by atoms with Gasteiger partial charge in [-0.15, -0.1) is 0 Å². The van der Waals surface area contributed by atoms with E-state index >= 15 is 0 Å². The van der Waals surface area contributed by atoms with E-state index in [1.165, 1.54) is 25.0 Å². The van der Waals surface area contributed by atoms with Crippen LogP contribution >= 0.6 is 0 Å². The molecule has 108 valence electrons. The highest BCUT2D eigenvalue weighted by Gasteiger charge is 2.41. The molecule has 1 fully saturated rings. The fourth-order valence-corrected chi connectivity index (χ4v) is 2.86. The zero-order valence-electron chi connectivity index (χ0n) is 12.9. The Balaban J connectivity index is 1.98. The maximum atomic E-state index is 4.72. The average molecular weight is 263 g/mol. The van der Waals surface area contributed by atoms with Crippen LogP contribution in [0.2, 0.25) is 0 Å². The fraction of sp³-hybridized carbons (Fsp3) is 0.812. The molecule has 1 aromatic heterocycles. The first-order valence-corrected chi connectivity index (χ1v) is 7.80. The molecule has 2 rings (SSSR count). The number of nitrogens with zero attached hydrogens (tertiary/aromatic N) is 2. The maximum absolute atomic E-state index is 4.72. The average Bonchev–Trinajstić information content (AvgIpc) is 3.12. The van der Waals surface area contributed by atoms with E-state index in [4.69, 9.17) is 5.10 Å². The van der Waals surface area contributed by atoms with E-state index in [1.54, 1.807) is 0 Å². The highest BCUT2D eigenvalue weighted by Crippen LogP contribution is 2.46. The summed E-state index contributed by atoms with van der Waals surface area (Å²) in [5.74, 6) is 0.890. The summed E-state index contributed by atoms with van der Waals surface area (Å²) in [5, 5.41) is 8.33. The Morgan fingerprint density at radius 3 is 2.74 bits per heavy atom. The summed E-state index contributed by atoms with van der Waals surface area (Å²) in [6.07, 6.45) is 7.23. The van der Waals surface area contributed by atoms with Gasteiger partial charge in [-0.3, -0.25) is 4.68 Å². The van der Waals surface area contributed by atoms with Gasteiger partial charge >= 0.3 is 0 Å². The molecule has 1 aromatic rings. The molecular formula is C16H29N3. The van der Waals surface area contributed by atoms with Gasteiger partial charge in [0.25, 0.3) is 0 Å². The highest BCUT2D eigenvalue weighted by atomic mass is 15.3. The zero-order chi connectivity index (χ0) is 13.9. The number of nitrogens with one attached hydrogen (secondary N) is 1. The number of hydrogen-bond donors (Lipinski definition) is 1. The number of aromatic nitrogens is 2. The lowest BCUT2D eigenvalue weighted by atomic mass is 9.80. The predicted molar refractivity (Wildman–Crippen MR) is 80.3 cm³/mol. The van der Waals surface area contributed by atoms with Crippen molar-refractivity contribution < 1.29 is 0 Å². The lowest BCUT2D eigenvalue weighted by Crippen LogP contribution is -2.36. The van der Waals surface area contributed by atoms with E-state index in [0.29, 0.717) is 11.5 Å². The molecule has 0 bridgehead atoms. The van der Waals surface area contributed by atoms with E-state index in [2.05, 4.69) is 50.0 Å². The van der Waals surface area contributed by atoms with E-state index < -0.39 is 0 Å². The van der Waals surface area contributed by atoms with Crippen LogP contribution in [0.3, 0.4) is 0 Å². The summed E-state index contributed by atoms with van der Waals surface area (Å²) in [7, 11) is 0. The van der Waals surface area contributed by atoms with Gasteiger partial charge in [0, 0.05) is 18.8 Å². The monoisotopic (exact) mass is 263 g/mol. The zero-order valence-corrected chi connectivity index (χ0v) is 12.9. The standard InChI is InChI=1S/C16H29N3/c1-5-9-17-12-16(4,14-6-7-14)11-15-8-10-19(18-15)13(2)3/h8,10,13-14,17H,5-7,9,11-12H2,1-4H3. The smallest absolute Gasteiger partial charge is 0.0630 e. The highest BCUT2D eigenvalue weighted by molar-refractivity contribution is 5.07. The molecule has 0 amide bonds. The van der Waals surface area contributed by atoms with Gasteiger partial charge < -0.3 is 5.32 Å². The van der Waals surface area contributed by atoms with Crippen molar-refractivity contribution in [2.45, 2.75) is 59.4 Å². The summed E-state index contributed by atoms with van der Waals surface area (Å²) in [4.78, 5) is 0. The first-order chi connectivity index (χ1) is 9.05. The summed E-state index contributed by atoms with van der Waals surface area (Å²) < 4.78 is 2.07. The molecule has 1 heterocycles. The second-order valence-electron chi connectivity index (χ2n) is 6.66. The van der Waals surface area contributed by atoms with E-state index in [1.807, 2.05) is 0 Å². The Morgan fingerprint density at radius 1 is 1.47 bits per heavy atom. The topological polar surface area (TPSA) is 29.9 Å². The SMILES string of the molecule is CCCNCC(C)(Cc1ccn(C(C)C)n1)C1CC1. The van der Waals surface area contributed by atoms with Crippen molar-refractivity contribution in [1.29, 1.82) is 0 Å². The summed E-state index contributed by atoms with van der Waals surface area (Å²) in [6.45, 7) is 11.3. The predicted octanol–water partition coefficient (Wildman–Crippen LogP) is 3.42. The summed E-state index contributed by atoms with van der Waals surface area (Å²) in [6, 6.07) is 2.65. The van der Waals surface area contributed by atoms with Gasteiger partial charge in [0.15, 0.2) is 0 Å². The van der Waals surface area contributed by atoms with Crippen molar-refractivity contribution in [3.63, 3.8) is 0 Å². The van der Waals surface area contributed by atoms with Gasteiger partial charge in [-0.05, 0) is 63.5 Å². The van der Waals surface area contributed by atoms with Crippen LogP contribution in [0.25, 0.3) is 0 Å². The molecule has 0 aliphatic heterocycles. The number of rotatable bonds is 8. The van der Waals surface area contributed by atoms with Crippen molar-refractivity contribution in [1.82, 2.24) is 15.1 Å². The molecule has 0 radical (unpaired) electrons. The lowest BCUT2D eigenvalue weighted by molar-refractivity contribution is 0.253. The molecule has 1 atom stereocenters. The van der Waals surface area contributed by atoms with Crippen molar-refractivity contribution in [2.75, 3.05) is 13.1 Å². The summed E-state index contributed by atoms with van der Waals surface area (Å²) in [5.41, 5.74) is 1.63. The Morgan fingerprint density at radius 2 is 2.21 bits per heavy atom. The maximum Gasteiger partial charge on any atom is 0.0630 e. The molecular weight excluding hydrogens is 234 g/mol. The molecule has 0 saturated heterocycles. The molecule has 1 saturated carbocycles. The van der Waals surface area contributed by atoms with Gasteiger partial charge in [-0.25, -0.2) is 0 Å². The van der Waals surface area contributed by atoms with Gasteiger partial charge in [-0.2, -0.15) is 5.10 Å². The normalized spacial score (nSPS) is 18.8. The van der Waals surface area contributed by atoms with Crippen molar-refractivity contribution in [2.24, 2.45) is 11.3 Å². The van der Waals surface area contributed by atoms with Crippen LogP contribution in [-0.2, 0) is 6.42 Å². The minimum atomic E-state index is 0.380. The van der Waals surface area contributed by atoms with Crippen molar-refractivity contribution in [3.05, 3.63) is 18.0 Å². The number of hydrogen-bond acceptors (Lipinski definition) is 2. The van der Waals surface area contributed by atoms with Gasteiger partial charge in [-0.1, -0.05) is 13.8 Å². The van der Waals surface area contributed by atoms with Crippen molar-refractivity contribution in [3.8, 4) is 0 Å². The molecule has 1 N–H and O–H groups in total. The van der Waals surface area contributed by atoms with Crippen LogP contribution in [0.15, 0.2) is 12.3 Å². The fourth-order valence-electron chi connectivity index (χ4n) is 2.86. The van der Waals surface area contributed by atoms with Crippen molar-refractivity contribution >= 4 is 0 Å². The third kappa shape index (κ3) is 3.82. The minimum absolute atomic E-state index is 0.380. The molecule has 1 unspecified atom stereocenters. The van der Waals surface area contributed by atoms with Crippen LogP contribution in [0.5, 0.6) is 0 Å². The Hall–Kier alpha value is -0.830.